The van der Waals surface area contributed by atoms with Crippen molar-refractivity contribution in [2.75, 3.05) is 14.2 Å². The van der Waals surface area contributed by atoms with Crippen molar-refractivity contribution in [2.45, 2.75) is 44.0 Å². The fraction of sp³-hybridized carbons (Fsp3) is 0.750. The molecule has 1 N–H and O–H groups in total. The molecule has 4 atom stereocenters. The summed E-state index contributed by atoms with van der Waals surface area (Å²) in [6, 6.07) is 0. The third kappa shape index (κ3) is 1.55. The molecule has 4 unspecified atom stereocenters. The molecule has 0 heterocycles. The van der Waals surface area contributed by atoms with Gasteiger partial charge in [0.25, 0.3) is 0 Å². The largest absolute Gasteiger partial charge is 0.385 e. The van der Waals surface area contributed by atoms with E-state index in [1.165, 1.54) is 12.0 Å². The van der Waals surface area contributed by atoms with Gasteiger partial charge in [0.1, 0.15) is 0 Å². The van der Waals surface area contributed by atoms with Crippen molar-refractivity contribution in [3.8, 4) is 0 Å². The molecule has 0 spiro atoms. The van der Waals surface area contributed by atoms with Gasteiger partial charge < -0.3 is 14.6 Å². The second kappa shape index (κ2) is 4.44. The zero-order chi connectivity index (χ0) is 13.7. The zero-order valence-corrected chi connectivity index (χ0v) is 12.1. The van der Waals surface area contributed by atoms with Gasteiger partial charge in [0.2, 0.25) is 0 Å². The normalized spacial score (nSPS) is 42.9. The highest BCUT2D eigenvalue weighted by Gasteiger charge is 2.66. The molecule has 3 nitrogen and oxygen atoms in total. The third-order valence-corrected chi connectivity index (χ3v) is 5.48. The van der Waals surface area contributed by atoms with Gasteiger partial charge in [-0.15, -0.1) is 0 Å². The van der Waals surface area contributed by atoms with Crippen LogP contribution in [0, 0.1) is 17.8 Å². The maximum atomic E-state index is 11.3. The predicted octanol–water partition coefficient (Wildman–Crippen LogP) is 2.66. The summed E-state index contributed by atoms with van der Waals surface area (Å²) < 4.78 is 11.4. The molecular formula is C16H24O3. The molecule has 0 aromatic rings. The second-order valence-electron chi connectivity index (χ2n) is 6.07. The minimum absolute atomic E-state index is 0.0848. The fourth-order valence-corrected chi connectivity index (χ4v) is 4.56. The molecule has 0 aromatic carbocycles. The number of aliphatic hydroxyl groups is 1. The molecule has 1 saturated carbocycles. The summed E-state index contributed by atoms with van der Waals surface area (Å²) in [4.78, 5) is 0. The first-order valence-electron chi connectivity index (χ1n) is 7.34. The van der Waals surface area contributed by atoms with Crippen LogP contribution in [0.25, 0.3) is 0 Å². The lowest BCUT2D eigenvalue weighted by atomic mass is 9.76. The van der Waals surface area contributed by atoms with E-state index in [0.29, 0.717) is 5.92 Å². The molecule has 2 bridgehead atoms. The quantitative estimate of drug-likeness (QED) is 0.626. The Morgan fingerprint density at radius 1 is 1.32 bits per heavy atom. The van der Waals surface area contributed by atoms with Gasteiger partial charge in [0.15, 0.2) is 5.79 Å². The van der Waals surface area contributed by atoms with E-state index in [-0.39, 0.29) is 11.8 Å². The Hall–Kier alpha value is -0.640. The summed E-state index contributed by atoms with van der Waals surface area (Å²) >= 11 is 0. The SMILES string of the molecule is CCC1CCC=C1C1(O)CC2C=CC1C2(OC)OC. The van der Waals surface area contributed by atoms with Crippen molar-refractivity contribution >= 4 is 0 Å². The lowest BCUT2D eigenvalue weighted by Gasteiger charge is -2.38. The molecule has 3 aliphatic rings. The van der Waals surface area contributed by atoms with Crippen LogP contribution in [0.1, 0.15) is 32.6 Å². The monoisotopic (exact) mass is 264 g/mol. The summed E-state index contributed by atoms with van der Waals surface area (Å²) in [5.41, 5.74) is 0.452. The van der Waals surface area contributed by atoms with E-state index in [2.05, 4.69) is 25.2 Å². The second-order valence-corrected chi connectivity index (χ2v) is 6.07. The van der Waals surface area contributed by atoms with Crippen molar-refractivity contribution in [3.05, 3.63) is 23.8 Å². The molecule has 0 aliphatic heterocycles. The van der Waals surface area contributed by atoms with Crippen molar-refractivity contribution in [1.29, 1.82) is 0 Å². The number of fused-ring (bicyclic) bond motifs is 2. The number of hydrogen-bond donors (Lipinski definition) is 1. The van der Waals surface area contributed by atoms with E-state index in [1.807, 2.05) is 0 Å². The Balaban J connectivity index is 1.97. The molecule has 3 heteroatoms. The van der Waals surface area contributed by atoms with Gasteiger partial charge in [-0.25, -0.2) is 0 Å². The summed E-state index contributed by atoms with van der Waals surface area (Å²) in [5.74, 6) is -0.0877. The molecule has 0 aromatic heterocycles. The van der Waals surface area contributed by atoms with Gasteiger partial charge in [0.05, 0.1) is 11.5 Å². The summed E-state index contributed by atoms with van der Waals surface area (Å²) in [7, 11) is 3.37. The highest BCUT2D eigenvalue weighted by Crippen LogP contribution is 2.59. The van der Waals surface area contributed by atoms with Crippen LogP contribution in [0.3, 0.4) is 0 Å². The summed E-state index contributed by atoms with van der Waals surface area (Å²) in [6.07, 6.45) is 10.6. The van der Waals surface area contributed by atoms with Crippen LogP contribution < -0.4 is 0 Å². The van der Waals surface area contributed by atoms with E-state index >= 15 is 0 Å². The van der Waals surface area contributed by atoms with Crippen LogP contribution >= 0.6 is 0 Å². The van der Waals surface area contributed by atoms with Crippen molar-refractivity contribution in [2.24, 2.45) is 17.8 Å². The Labute approximate surface area is 115 Å². The molecule has 3 aliphatic carbocycles. The van der Waals surface area contributed by atoms with Gasteiger partial charge in [0, 0.05) is 20.1 Å². The van der Waals surface area contributed by atoms with Crippen LogP contribution in [-0.2, 0) is 9.47 Å². The average molecular weight is 264 g/mol. The molecular weight excluding hydrogens is 240 g/mol. The van der Waals surface area contributed by atoms with Gasteiger partial charge in [-0.2, -0.15) is 0 Å². The molecule has 19 heavy (non-hydrogen) atoms. The summed E-state index contributed by atoms with van der Waals surface area (Å²) in [6.45, 7) is 2.20. The number of hydrogen-bond acceptors (Lipinski definition) is 3. The first-order chi connectivity index (χ1) is 9.12. The average Bonchev–Trinajstić information content (AvgIpc) is 3.09. The number of ether oxygens (including phenoxy) is 2. The Morgan fingerprint density at radius 2 is 2.05 bits per heavy atom. The van der Waals surface area contributed by atoms with Crippen LogP contribution in [0.5, 0.6) is 0 Å². The molecule has 0 saturated heterocycles. The van der Waals surface area contributed by atoms with Crippen LogP contribution in [-0.4, -0.2) is 30.7 Å². The van der Waals surface area contributed by atoms with Crippen LogP contribution in [0.4, 0.5) is 0 Å². The van der Waals surface area contributed by atoms with E-state index < -0.39 is 11.4 Å². The fourth-order valence-electron chi connectivity index (χ4n) is 4.56. The highest BCUT2D eigenvalue weighted by molar-refractivity contribution is 5.37. The van der Waals surface area contributed by atoms with Crippen molar-refractivity contribution < 1.29 is 14.6 Å². The molecule has 0 radical (unpaired) electrons. The third-order valence-electron chi connectivity index (χ3n) is 5.48. The maximum absolute atomic E-state index is 11.3. The summed E-state index contributed by atoms with van der Waals surface area (Å²) in [5, 5.41) is 11.3. The topological polar surface area (TPSA) is 38.7 Å². The maximum Gasteiger partial charge on any atom is 0.183 e. The van der Waals surface area contributed by atoms with Crippen LogP contribution in [0.15, 0.2) is 23.8 Å². The molecule has 3 rings (SSSR count). The van der Waals surface area contributed by atoms with Gasteiger partial charge in [-0.05, 0) is 37.2 Å². The van der Waals surface area contributed by atoms with Crippen LogP contribution in [0.2, 0.25) is 0 Å². The molecule has 0 amide bonds. The number of allylic oxidation sites excluding steroid dienone is 1. The number of rotatable bonds is 4. The first-order valence-corrected chi connectivity index (χ1v) is 7.34. The minimum atomic E-state index is -0.775. The smallest absolute Gasteiger partial charge is 0.183 e. The Bertz CT molecular complexity index is 422. The van der Waals surface area contributed by atoms with Crippen molar-refractivity contribution in [1.82, 2.24) is 0 Å². The zero-order valence-electron chi connectivity index (χ0n) is 12.1. The standard InChI is InChI=1S/C16H24O3/c1-4-11-6-5-7-13(11)15(17)10-12-8-9-14(15)16(12,18-2)19-3/h7-9,11-12,14,17H,4-6,10H2,1-3H3. The molecule has 1 fully saturated rings. The van der Waals surface area contributed by atoms with Crippen molar-refractivity contribution in [3.63, 3.8) is 0 Å². The van der Waals surface area contributed by atoms with E-state index in [1.54, 1.807) is 14.2 Å². The highest BCUT2D eigenvalue weighted by atomic mass is 16.7. The lowest BCUT2D eigenvalue weighted by molar-refractivity contribution is -0.238. The first kappa shape index (κ1) is 13.3. The molecule has 106 valence electrons. The Morgan fingerprint density at radius 3 is 2.63 bits per heavy atom. The predicted molar refractivity (Wildman–Crippen MR) is 73.5 cm³/mol. The van der Waals surface area contributed by atoms with E-state index in [9.17, 15) is 5.11 Å². The van der Waals surface area contributed by atoms with Gasteiger partial charge in [-0.1, -0.05) is 25.2 Å². The minimum Gasteiger partial charge on any atom is -0.385 e. The van der Waals surface area contributed by atoms with Gasteiger partial charge >= 0.3 is 0 Å². The van der Waals surface area contributed by atoms with E-state index in [4.69, 9.17) is 9.47 Å². The van der Waals surface area contributed by atoms with Gasteiger partial charge in [-0.3, -0.25) is 0 Å². The Kier molecular flexibility index (Phi) is 3.12. The number of methoxy groups -OCH3 is 2. The lowest BCUT2D eigenvalue weighted by Crippen LogP contribution is -2.46. The van der Waals surface area contributed by atoms with E-state index in [0.717, 1.165) is 19.3 Å².